The molecule has 3 rings (SSSR count). The summed E-state index contributed by atoms with van der Waals surface area (Å²) in [5.41, 5.74) is 0. The first-order valence-corrected chi connectivity index (χ1v) is 11.0. The number of thiophene rings is 1. The Morgan fingerprint density at radius 1 is 0.929 bits per heavy atom. The molecular weight excluding hydrogens is 394 g/mol. The average molecular weight is 416 g/mol. The lowest BCUT2D eigenvalue weighted by molar-refractivity contribution is 0.0973. The van der Waals surface area contributed by atoms with Crippen molar-refractivity contribution < 1.29 is 18.5 Å². The predicted molar refractivity (Wildman–Crippen MR) is 111 cm³/mol. The Kier molecular flexibility index (Phi) is 6.16. The Labute approximate surface area is 169 Å². The number of Topliss-reactive ketones (excluding diaryl/α,β-unsaturated/α-hetero) is 1. The summed E-state index contributed by atoms with van der Waals surface area (Å²) < 4.78 is 29.0. The molecule has 1 aromatic heterocycles. The van der Waals surface area contributed by atoms with Gasteiger partial charge in [0.1, 0.15) is 27.3 Å². The van der Waals surface area contributed by atoms with Crippen LogP contribution in [0.25, 0.3) is 0 Å². The van der Waals surface area contributed by atoms with E-state index in [9.17, 15) is 9.00 Å². The predicted octanol–water partition coefficient (Wildman–Crippen LogP) is 4.92. The van der Waals surface area contributed by atoms with E-state index in [1.54, 1.807) is 75.7 Å². The molecule has 2 aromatic carbocycles. The summed E-state index contributed by atoms with van der Waals surface area (Å²) in [6.45, 7) is 1.68. The van der Waals surface area contributed by atoms with Crippen LogP contribution in [0, 0.1) is 0 Å². The molecule has 5 nitrogen and oxygen atoms in total. The van der Waals surface area contributed by atoms with Crippen LogP contribution in [0.15, 0.2) is 80.2 Å². The van der Waals surface area contributed by atoms with E-state index in [1.165, 1.54) is 11.3 Å². The van der Waals surface area contributed by atoms with E-state index in [-0.39, 0.29) is 5.78 Å². The number of carbonyl (C=O) groups is 1. The SMILES string of the molecule is COc1ccc(S(=O)(=N[C@@H](C)C(=O)c2cccs2)c2ccc(OC)cc2)cc1. The van der Waals surface area contributed by atoms with Gasteiger partial charge in [-0.2, -0.15) is 0 Å². The second-order valence-electron chi connectivity index (χ2n) is 6.00. The summed E-state index contributed by atoms with van der Waals surface area (Å²) in [5.74, 6) is 1.16. The molecule has 146 valence electrons. The zero-order chi connectivity index (χ0) is 20.1. The second-order valence-corrected chi connectivity index (χ2v) is 9.15. The maximum atomic E-state index is 14.1. The quantitative estimate of drug-likeness (QED) is 0.514. The van der Waals surface area contributed by atoms with E-state index in [1.807, 2.05) is 11.4 Å². The highest BCUT2D eigenvalue weighted by molar-refractivity contribution is 7.93. The van der Waals surface area contributed by atoms with Crippen LogP contribution in [0.5, 0.6) is 11.5 Å². The van der Waals surface area contributed by atoms with Gasteiger partial charge in [0.25, 0.3) is 0 Å². The number of methoxy groups -OCH3 is 2. The maximum Gasteiger partial charge on any atom is 0.197 e. The number of benzene rings is 2. The minimum absolute atomic E-state index is 0.148. The molecule has 0 saturated heterocycles. The van der Waals surface area contributed by atoms with Gasteiger partial charge in [0.05, 0.1) is 28.9 Å². The van der Waals surface area contributed by atoms with E-state index in [0.717, 1.165) is 0 Å². The van der Waals surface area contributed by atoms with Crippen LogP contribution in [0.3, 0.4) is 0 Å². The molecule has 0 bridgehead atoms. The average Bonchev–Trinajstić information content (AvgIpc) is 3.28. The molecule has 1 heterocycles. The van der Waals surface area contributed by atoms with Crippen molar-refractivity contribution in [1.29, 1.82) is 0 Å². The molecule has 0 unspecified atom stereocenters. The van der Waals surface area contributed by atoms with Crippen LogP contribution in [0.1, 0.15) is 16.6 Å². The van der Waals surface area contributed by atoms with Gasteiger partial charge in [-0.1, -0.05) is 6.07 Å². The summed E-state index contributed by atoms with van der Waals surface area (Å²) in [6.07, 6.45) is 0. The van der Waals surface area contributed by atoms with Crippen molar-refractivity contribution in [2.24, 2.45) is 4.36 Å². The minimum Gasteiger partial charge on any atom is -0.497 e. The van der Waals surface area contributed by atoms with Gasteiger partial charge in [-0.3, -0.25) is 4.79 Å². The van der Waals surface area contributed by atoms with E-state index in [0.29, 0.717) is 26.2 Å². The molecule has 7 heteroatoms. The molecule has 0 saturated carbocycles. The summed E-state index contributed by atoms with van der Waals surface area (Å²) >= 11 is 1.35. The monoisotopic (exact) mass is 415 g/mol. The molecule has 0 aliphatic heterocycles. The first-order valence-electron chi connectivity index (χ1n) is 8.60. The van der Waals surface area contributed by atoms with Crippen LogP contribution in [0.4, 0.5) is 0 Å². The molecule has 1 atom stereocenters. The highest BCUT2D eigenvalue weighted by Gasteiger charge is 2.22. The van der Waals surface area contributed by atoms with Crippen LogP contribution >= 0.6 is 11.3 Å². The molecule has 0 radical (unpaired) electrons. The Balaban J connectivity index is 2.12. The van der Waals surface area contributed by atoms with Crippen molar-refractivity contribution in [2.45, 2.75) is 22.8 Å². The standard InChI is InChI=1S/C21H21NO4S2/c1-15(21(23)20-5-4-14-27-20)22-28(24,18-10-6-16(25-2)7-11-18)19-12-8-17(26-3)9-13-19/h4-15H,1-3H3/t15-/m0/s1. The lowest BCUT2D eigenvalue weighted by Gasteiger charge is -2.15. The van der Waals surface area contributed by atoms with Crippen LogP contribution in [0.2, 0.25) is 0 Å². The molecule has 0 spiro atoms. The minimum atomic E-state index is -3.03. The molecule has 0 aliphatic rings. The van der Waals surface area contributed by atoms with Crippen LogP contribution in [-0.2, 0) is 9.73 Å². The van der Waals surface area contributed by atoms with Crippen molar-refractivity contribution in [3.8, 4) is 11.5 Å². The van der Waals surface area contributed by atoms with Crippen LogP contribution < -0.4 is 9.47 Å². The number of hydrogen-bond donors (Lipinski definition) is 0. The first-order chi connectivity index (χ1) is 13.5. The lowest BCUT2D eigenvalue weighted by Crippen LogP contribution is -2.17. The Bertz CT molecular complexity index is 995. The van der Waals surface area contributed by atoms with E-state index in [2.05, 4.69) is 4.36 Å². The number of carbonyl (C=O) groups excluding carboxylic acids is 1. The fraction of sp³-hybridized carbons (Fsp3) is 0.190. The summed E-state index contributed by atoms with van der Waals surface area (Å²) in [5, 5.41) is 1.84. The molecule has 0 N–H and O–H groups in total. The third-order valence-electron chi connectivity index (χ3n) is 4.21. The third kappa shape index (κ3) is 4.10. The fourth-order valence-corrected chi connectivity index (χ4v) is 5.49. The number of nitrogens with zero attached hydrogens (tertiary/aromatic N) is 1. The highest BCUT2D eigenvalue weighted by atomic mass is 32.2. The largest absolute Gasteiger partial charge is 0.497 e. The normalized spacial score (nSPS) is 12.2. The summed E-state index contributed by atoms with van der Waals surface area (Å²) in [4.78, 5) is 14.3. The van der Waals surface area contributed by atoms with E-state index < -0.39 is 15.8 Å². The smallest absolute Gasteiger partial charge is 0.197 e. The van der Waals surface area contributed by atoms with Gasteiger partial charge in [0.2, 0.25) is 0 Å². The van der Waals surface area contributed by atoms with Gasteiger partial charge < -0.3 is 9.47 Å². The number of ketones is 1. The molecule has 0 fully saturated rings. The van der Waals surface area contributed by atoms with Crippen molar-refractivity contribution in [3.63, 3.8) is 0 Å². The zero-order valence-electron chi connectivity index (χ0n) is 15.8. The third-order valence-corrected chi connectivity index (χ3v) is 7.53. The number of ether oxygens (including phenoxy) is 2. The van der Waals surface area contributed by atoms with Gasteiger partial charge in [0.15, 0.2) is 5.78 Å². The Morgan fingerprint density at radius 2 is 1.43 bits per heavy atom. The molecular formula is C21H21NO4S2. The fourth-order valence-electron chi connectivity index (χ4n) is 2.67. The topological polar surface area (TPSA) is 65.0 Å². The zero-order valence-corrected chi connectivity index (χ0v) is 17.5. The van der Waals surface area contributed by atoms with Crippen LogP contribution in [-0.4, -0.2) is 30.3 Å². The van der Waals surface area contributed by atoms with E-state index in [4.69, 9.17) is 9.47 Å². The summed E-state index contributed by atoms with van der Waals surface area (Å²) in [7, 11) is 0.109. The van der Waals surface area contributed by atoms with E-state index >= 15 is 0 Å². The van der Waals surface area contributed by atoms with Crippen molar-refractivity contribution in [1.82, 2.24) is 0 Å². The summed E-state index contributed by atoms with van der Waals surface area (Å²) in [6, 6.07) is 16.6. The van der Waals surface area contributed by atoms with Gasteiger partial charge in [-0.25, -0.2) is 8.57 Å². The second kappa shape index (κ2) is 8.58. The Hall–Kier alpha value is -2.64. The van der Waals surface area contributed by atoms with Crippen molar-refractivity contribution in [2.75, 3.05) is 14.2 Å². The maximum absolute atomic E-state index is 14.1. The molecule has 3 aromatic rings. The highest BCUT2D eigenvalue weighted by Crippen LogP contribution is 2.28. The van der Waals surface area contributed by atoms with Crippen molar-refractivity contribution >= 4 is 26.8 Å². The van der Waals surface area contributed by atoms with Gasteiger partial charge in [-0.05, 0) is 66.9 Å². The lowest BCUT2D eigenvalue weighted by atomic mass is 10.2. The first kappa shape index (κ1) is 20.1. The Morgan fingerprint density at radius 3 is 1.82 bits per heavy atom. The van der Waals surface area contributed by atoms with Gasteiger partial charge in [-0.15, -0.1) is 11.3 Å². The number of hydrogen-bond acceptors (Lipinski definition) is 6. The molecule has 28 heavy (non-hydrogen) atoms. The number of rotatable bonds is 7. The van der Waals surface area contributed by atoms with Gasteiger partial charge in [0, 0.05) is 0 Å². The van der Waals surface area contributed by atoms with Gasteiger partial charge >= 0.3 is 0 Å². The molecule has 0 amide bonds. The molecule has 0 aliphatic carbocycles. The van der Waals surface area contributed by atoms with Crippen molar-refractivity contribution in [3.05, 3.63) is 70.9 Å².